The molecule has 218 valence electrons. The Morgan fingerprint density at radius 2 is 1.95 bits per heavy atom. The van der Waals surface area contributed by atoms with E-state index in [4.69, 9.17) is 19.6 Å². The van der Waals surface area contributed by atoms with Gasteiger partial charge in [-0.15, -0.1) is 0 Å². The first-order chi connectivity index (χ1) is 19.0. The third-order valence-corrected chi connectivity index (χ3v) is 7.49. The molecule has 2 aliphatic heterocycles. The Balaban J connectivity index is 1.56. The van der Waals surface area contributed by atoms with E-state index in [1.807, 2.05) is 39.8 Å². The van der Waals surface area contributed by atoms with Gasteiger partial charge in [0.15, 0.2) is 0 Å². The van der Waals surface area contributed by atoms with Crippen molar-refractivity contribution in [3.63, 3.8) is 0 Å². The summed E-state index contributed by atoms with van der Waals surface area (Å²) in [6.07, 6.45) is 2.42. The van der Waals surface area contributed by atoms with Gasteiger partial charge < -0.3 is 39.8 Å². The highest BCUT2D eigenvalue weighted by molar-refractivity contribution is 5.88. The molecule has 1 amide bonds. The summed E-state index contributed by atoms with van der Waals surface area (Å²) in [7, 11) is 1.53. The van der Waals surface area contributed by atoms with Gasteiger partial charge in [0.2, 0.25) is 0 Å². The molecule has 2 unspecified atom stereocenters. The van der Waals surface area contributed by atoms with Crippen molar-refractivity contribution in [2.24, 2.45) is 0 Å². The zero-order valence-corrected chi connectivity index (χ0v) is 24.4. The molecule has 3 heterocycles. The van der Waals surface area contributed by atoms with Crippen molar-refractivity contribution in [3.8, 4) is 6.01 Å². The second kappa shape index (κ2) is 12.4. The summed E-state index contributed by atoms with van der Waals surface area (Å²) < 4.78 is 16.7. The van der Waals surface area contributed by atoms with Crippen molar-refractivity contribution in [2.45, 2.75) is 71.1 Å². The molecule has 11 heteroatoms. The number of likely N-dealkylation sites (tertiary alicyclic amines) is 1. The van der Waals surface area contributed by atoms with Gasteiger partial charge in [-0.3, -0.25) is 0 Å². The van der Waals surface area contributed by atoms with Crippen LogP contribution in [0.2, 0.25) is 0 Å². The highest BCUT2D eigenvalue weighted by Gasteiger charge is 2.31. The molecule has 2 fully saturated rings. The monoisotopic (exact) mass is 554 g/mol. The number of methoxy groups -OCH3 is 1. The number of carbonyl (C=O) groups is 1. The van der Waals surface area contributed by atoms with Gasteiger partial charge in [-0.1, -0.05) is 0 Å². The van der Waals surface area contributed by atoms with Crippen molar-refractivity contribution in [1.82, 2.24) is 14.9 Å². The van der Waals surface area contributed by atoms with E-state index < -0.39 is 5.60 Å². The number of ether oxygens (including phenoxy) is 3. The number of nitrogens with zero attached hydrogens (tertiary/aromatic N) is 4. The summed E-state index contributed by atoms with van der Waals surface area (Å²) in [5.74, 6) is 1.49. The summed E-state index contributed by atoms with van der Waals surface area (Å²) in [5, 5.41) is 21.1. The number of hydrogen-bond donors (Lipinski definition) is 3. The fourth-order valence-corrected chi connectivity index (χ4v) is 5.34. The number of aliphatic hydroxyl groups excluding tert-OH is 1. The molecule has 2 atom stereocenters. The van der Waals surface area contributed by atoms with Crippen LogP contribution in [0, 0.1) is 12.3 Å². The number of piperidine rings is 1. The van der Waals surface area contributed by atoms with Gasteiger partial charge >= 0.3 is 12.1 Å². The molecule has 2 saturated heterocycles. The maximum Gasteiger partial charge on any atom is 0.410 e. The smallest absolute Gasteiger partial charge is 0.410 e. The van der Waals surface area contributed by atoms with Crippen LogP contribution in [0.4, 0.5) is 22.1 Å². The summed E-state index contributed by atoms with van der Waals surface area (Å²) >= 11 is 0. The molecule has 0 bridgehead atoms. The number of benzene rings is 1. The molecule has 0 radical (unpaired) electrons. The SMILES string of the molecule is COc1nc(Nc2cc(C3CCN(C(=O)OC(C)(C)C)CC3)c(C)cc2C=N)cc(N2CCOC(CO)C2C)n1. The minimum absolute atomic E-state index is 0.0729. The van der Waals surface area contributed by atoms with Crippen LogP contribution in [0.3, 0.4) is 0 Å². The van der Waals surface area contributed by atoms with Crippen LogP contribution in [0.15, 0.2) is 18.2 Å². The second-order valence-electron chi connectivity index (χ2n) is 11.4. The number of anilines is 3. The molecule has 11 nitrogen and oxygen atoms in total. The summed E-state index contributed by atoms with van der Waals surface area (Å²) in [5.41, 5.74) is 3.29. The van der Waals surface area contributed by atoms with E-state index >= 15 is 0 Å². The Kier molecular flexibility index (Phi) is 9.15. The summed E-state index contributed by atoms with van der Waals surface area (Å²) in [6, 6.07) is 6.10. The largest absolute Gasteiger partial charge is 0.467 e. The number of aromatic nitrogens is 2. The minimum Gasteiger partial charge on any atom is -0.467 e. The van der Waals surface area contributed by atoms with Gasteiger partial charge in [-0.25, -0.2) is 4.79 Å². The Hall–Kier alpha value is -3.44. The Morgan fingerprint density at radius 1 is 1.23 bits per heavy atom. The van der Waals surface area contributed by atoms with Gasteiger partial charge in [0.25, 0.3) is 0 Å². The Labute approximate surface area is 236 Å². The zero-order chi connectivity index (χ0) is 29.0. The predicted molar refractivity (Wildman–Crippen MR) is 154 cm³/mol. The van der Waals surface area contributed by atoms with Crippen LogP contribution >= 0.6 is 0 Å². The number of amides is 1. The van der Waals surface area contributed by atoms with Crippen molar-refractivity contribution in [3.05, 3.63) is 34.9 Å². The van der Waals surface area contributed by atoms with Crippen molar-refractivity contribution in [1.29, 1.82) is 5.41 Å². The van der Waals surface area contributed by atoms with Gasteiger partial charge in [0.1, 0.15) is 23.3 Å². The van der Waals surface area contributed by atoms with Crippen LogP contribution in [0.5, 0.6) is 6.01 Å². The normalized spacial score (nSPS) is 20.3. The zero-order valence-electron chi connectivity index (χ0n) is 24.4. The highest BCUT2D eigenvalue weighted by Crippen LogP contribution is 2.35. The number of nitrogens with one attached hydrogen (secondary N) is 2. The lowest BCUT2D eigenvalue weighted by atomic mass is 9.85. The lowest BCUT2D eigenvalue weighted by Gasteiger charge is -2.39. The molecular formula is C29H42N6O5. The number of hydrogen-bond acceptors (Lipinski definition) is 10. The molecule has 0 aliphatic carbocycles. The van der Waals surface area contributed by atoms with Crippen molar-refractivity contribution in [2.75, 3.05) is 50.2 Å². The third kappa shape index (κ3) is 6.82. The number of morpholine rings is 1. The second-order valence-corrected chi connectivity index (χ2v) is 11.4. The Bertz CT molecular complexity index is 1210. The first kappa shape index (κ1) is 29.5. The quantitative estimate of drug-likeness (QED) is 0.430. The van der Waals surface area contributed by atoms with E-state index in [-0.39, 0.29) is 36.8 Å². The number of aryl methyl sites for hydroxylation is 1. The van der Waals surface area contributed by atoms with Gasteiger partial charge in [-0.05, 0) is 76.6 Å². The molecule has 1 aromatic carbocycles. The molecule has 2 aliphatic rings. The molecule has 0 saturated carbocycles. The number of aliphatic hydroxyl groups is 1. The standard InChI is InChI=1S/C29H42N6O5/c1-18-13-21(16-30)23(14-22(18)20-7-9-34(10-8-20)28(37)40-29(3,4)5)31-25-15-26(33-27(32-25)38-6)35-11-12-39-24(17-36)19(35)2/h13-16,19-20,24,30,36H,7-12,17H2,1-6H3,(H,31,32,33). The van der Waals surface area contributed by atoms with Gasteiger partial charge in [0, 0.05) is 43.2 Å². The number of rotatable bonds is 7. The van der Waals surface area contributed by atoms with Crippen LogP contribution in [0.1, 0.15) is 63.1 Å². The van der Waals surface area contributed by atoms with Crippen molar-refractivity contribution < 1.29 is 24.1 Å². The molecule has 2 aromatic rings. The van der Waals surface area contributed by atoms with Gasteiger partial charge in [0.05, 0.1) is 26.4 Å². The average molecular weight is 555 g/mol. The van der Waals surface area contributed by atoms with Crippen LogP contribution < -0.4 is 15.0 Å². The maximum absolute atomic E-state index is 12.5. The average Bonchev–Trinajstić information content (AvgIpc) is 2.92. The van der Waals surface area contributed by atoms with E-state index in [1.54, 1.807) is 4.90 Å². The van der Waals surface area contributed by atoms with E-state index in [2.05, 4.69) is 33.2 Å². The van der Waals surface area contributed by atoms with Gasteiger partial charge in [-0.2, -0.15) is 9.97 Å². The van der Waals surface area contributed by atoms with Crippen LogP contribution in [0.25, 0.3) is 0 Å². The minimum atomic E-state index is -0.516. The maximum atomic E-state index is 12.5. The molecule has 1 aromatic heterocycles. The predicted octanol–water partition coefficient (Wildman–Crippen LogP) is 4.24. The summed E-state index contributed by atoms with van der Waals surface area (Å²) in [6.45, 7) is 12.0. The lowest BCUT2D eigenvalue weighted by molar-refractivity contribution is -0.0184. The lowest BCUT2D eigenvalue weighted by Crippen LogP contribution is -2.51. The Morgan fingerprint density at radius 3 is 2.58 bits per heavy atom. The summed E-state index contributed by atoms with van der Waals surface area (Å²) in [4.78, 5) is 25.5. The van der Waals surface area contributed by atoms with E-state index in [0.29, 0.717) is 37.9 Å². The fourth-order valence-electron chi connectivity index (χ4n) is 5.34. The van der Waals surface area contributed by atoms with Crippen LogP contribution in [-0.2, 0) is 9.47 Å². The van der Waals surface area contributed by atoms with E-state index in [1.165, 1.54) is 18.9 Å². The van der Waals surface area contributed by atoms with E-state index in [9.17, 15) is 9.90 Å². The highest BCUT2D eigenvalue weighted by atomic mass is 16.6. The first-order valence-electron chi connectivity index (χ1n) is 13.8. The number of carbonyl (C=O) groups excluding carboxylic acids is 1. The fraction of sp³-hybridized carbons (Fsp3) is 0.586. The molecule has 40 heavy (non-hydrogen) atoms. The molecular weight excluding hydrogens is 512 g/mol. The molecule has 4 rings (SSSR count). The topological polar surface area (TPSA) is 133 Å². The molecule has 3 N–H and O–H groups in total. The third-order valence-electron chi connectivity index (χ3n) is 7.49. The van der Waals surface area contributed by atoms with Crippen LogP contribution in [-0.4, -0.2) is 90.0 Å². The molecule has 0 spiro atoms. The first-order valence-corrected chi connectivity index (χ1v) is 13.8. The van der Waals surface area contributed by atoms with E-state index in [0.717, 1.165) is 29.7 Å². The van der Waals surface area contributed by atoms with Crippen molar-refractivity contribution >= 4 is 29.6 Å².